The molecule has 0 radical (unpaired) electrons. The highest BCUT2D eigenvalue weighted by Crippen LogP contribution is 2.42. The highest BCUT2D eigenvalue weighted by atomic mass is 32.2. The van der Waals surface area contributed by atoms with Crippen molar-refractivity contribution in [2.24, 2.45) is 0 Å². The lowest BCUT2D eigenvalue weighted by Crippen LogP contribution is -2.29. The van der Waals surface area contributed by atoms with Crippen LogP contribution in [0.15, 0.2) is 83.8 Å². The summed E-state index contributed by atoms with van der Waals surface area (Å²) in [5.74, 6) is 1.17. The van der Waals surface area contributed by atoms with Crippen molar-refractivity contribution in [3.63, 3.8) is 0 Å². The number of amides is 1. The molecule has 31 heavy (non-hydrogen) atoms. The van der Waals surface area contributed by atoms with Crippen LogP contribution in [0.3, 0.4) is 0 Å². The van der Waals surface area contributed by atoms with Crippen molar-refractivity contribution in [2.75, 3.05) is 6.54 Å². The number of rotatable bonds is 6. The first-order valence-electron chi connectivity index (χ1n) is 9.92. The molecule has 0 spiro atoms. The summed E-state index contributed by atoms with van der Waals surface area (Å²) in [6.07, 6.45) is 3.09. The number of sulfonamides is 1. The molecule has 4 rings (SSSR count). The molecule has 0 bridgehead atoms. The third-order valence-corrected chi connectivity index (χ3v) is 6.48. The average molecular weight is 435 g/mol. The van der Waals surface area contributed by atoms with Gasteiger partial charge in [-0.05, 0) is 35.9 Å². The first kappa shape index (κ1) is 20.8. The normalized spacial score (nSPS) is 13.3. The predicted octanol–water partition coefficient (Wildman–Crippen LogP) is 4.01. The molecule has 0 unspecified atom stereocenters. The Morgan fingerprint density at radius 2 is 1.52 bits per heavy atom. The van der Waals surface area contributed by atoms with Gasteiger partial charge in [0.1, 0.15) is 11.5 Å². The number of carbonyl (C=O) groups excluding carboxylic acids is 1. The molecule has 1 aliphatic heterocycles. The third-order valence-electron chi connectivity index (χ3n) is 4.92. The highest BCUT2D eigenvalue weighted by molar-refractivity contribution is 7.89. The summed E-state index contributed by atoms with van der Waals surface area (Å²) in [7, 11) is -3.50. The van der Waals surface area contributed by atoms with Crippen molar-refractivity contribution in [3.8, 4) is 11.5 Å². The maximum absolute atomic E-state index is 12.7. The van der Waals surface area contributed by atoms with Gasteiger partial charge < -0.3 is 10.1 Å². The first-order chi connectivity index (χ1) is 15.0. The van der Waals surface area contributed by atoms with Crippen molar-refractivity contribution in [3.05, 3.63) is 95.6 Å². The number of carbonyl (C=O) groups is 1. The molecule has 1 amide bonds. The van der Waals surface area contributed by atoms with E-state index >= 15 is 0 Å². The van der Waals surface area contributed by atoms with Crippen LogP contribution >= 0.6 is 0 Å². The summed E-state index contributed by atoms with van der Waals surface area (Å²) < 4.78 is 32.5. The number of fused-ring (bicyclic) bond motifs is 2. The molecule has 3 aromatic carbocycles. The van der Waals surface area contributed by atoms with E-state index in [1.807, 2.05) is 48.5 Å². The van der Waals surface area contributed by atoms with Gasteiger partial charge in [0.05, 0.1) is 10.9 Å². The van der Waals surface area contributed by atoms with E-state index in [0.717, 1.165) is 16.7 Å². The zero-order valence-corrected chi connectivity index (χ0v) is 17.7. The molecule has 7 heteroatoms. The van der Waals surface area contributed by atoms with E-state index < -0.39 is 10.0 Å². The summed E-state index contributed by atoms with van der Waals surface area (Å²) in [6, 6.07) is 21.3. The van der Waals surface area contributed by atoms with Crippen molar-refractivity contribution >= 4 is 22.0 Å². The molecule has 0 saturated heterocycles. The van der Waals surface area contributed by atoms with Gasteiger partial charge in [-0.3, -0.25) is 4.79 Å². The lowest BCUT2D eigenvalue weighted by Gasteiger charge is -2.28. The number of nitrogens with one attached hydrogen (secondary N) is 2. The van der Waals surface area contributed by atoms with Crippen molar-refractivity contribution in [1.82, 2.24) is 10.0 Å². The first-order valence-corrected chi connectivity index (χ1v) is 11.4. The smallest absolute Gasteiger partial charge is 0.244 e. The number of ether oxygens (including phenoxy) is 1. The van der Waals surface area contributed by atoms with Crippen LogP contribution in [0.1, 0.15) is 29.7 Å². The summed E-state index contributed by atoms with van der Waals surface area (Å²) in [6.45, 7) is 2.05. The Hall–Kier alpha value is -3.42. The van der Waals surface area contributed by atoms with Gasteiger partial charge in [0.2, 0.25) is 15.9 Å². The number of hydrogen-bond donors (Lipinski definition) is 2. The Bertz CT molecular complexity index is 1190. The van der Waals surface area contributed by atoms with Crippen LogP contribution in [-0.4, -0.2) is 20.9 Å². The van der Waals surface area contributed by atoms with E-state index in [1.165, 1.54) is 18.2 Å². The van der Waals surface area contributed by atoms with E-state index in [9.17, 15) is 13.2 Å². The summed E-state index contributed by atoms with van der Waals surface area (Å²) in [5, 5.41) is 3.04. The molecule has 1 heterocycles. The van der Waals surface area contributed by atoms with Crippen molar-refractivity contribution in [2.45, 2.75) is 17.9 Å². The molecular weight excluding hydrogens is 412 g/mol. The quantitative estimate of drug-likeness (QED) is 0.574. The fourth-order valence-corrected chi connectivity index (χ4v) is 4.50. The van der Waals surface area contributed by atoms with E-state index in [1.54, 1.807) is 25.1 Å². The second-order valence-electron chi connectivity index (χ2n) is 7.02. The fourth-order valence-electron chi connectivity index (χ4n) is 3.46. The van der Waals surface area contributed by atoms with Crippen LogP contribution in [0.5, 0.6) is 11.5 Å². The maximum Gasteiger partial charge on any atom is 0.244 e. The Morgan fingerprint density at radius 1 is 0.935 bits per heavy atom. The molecule has 0 fully saturated rings. The third kappa shape index (κ3) is 4.52. The topological polar surface area (TPSA) is 84.5 Å². The SMILES string of the molecule is CCNS(=O)(=O)c1ccc(/C=C/C(=O)NC2c3ccccc3Oc3ccccc32)cc1. The van der Waals surface area contributed by atoms with Crippen molar-refractivity contribution < 1.29 is 17.9 Å². The van der Waals surface area contributed by atoms with Gasteiger partial charge in [0.25, 0.3) is 0 Å². The molecule has 0 saturated carbocycles. The molecule has 0 atom stereocenters. The van der Waals surface area contributed by atoms with Crippen molar-refractivity contribution in [1.29, 1.82) is 0 Å². The van der Waals surface area contributed by atoms with Crippen LogP contribution in [0, 0.1) is 0 Å². The number of benzene rings is 3. The van der Waals surface area contributed by atoms with Crippen LogP contribution in [-0.2, 0) is 14.8 Å². The molecule has 6 nitrogen and oxygen atoms in total. The molecule has 0 aromatic heterocycles. The van der Waals surface area contributed by atoms with Gasteiger partial charge in [-0.25, -0.2) is 13.1 Å². The van der Waals surface area contributed by atoms with Gasteiger partial charge in [-0.15, -0.1) is 0 Å². The molecule has 1 aliphatic rings. The Kier molecular flexibility index (Phi) is 5.88. The maximum atomic E-state index is 12.7. The fraction of sp³-hybridized carbons (Fsp3) is 0.125. The minimum absolute atomic E-state index is 0.186. The van der Waals surface area contributed by atoms with Crippen LogP contribution in [0.25, 0.3) is 6.08 Å². The Balaban J connectivity index is 1.51. The molecule has 3 aromatic rings. The molecule has 158 valence electrons. The number of hydrogen-bond acceptors (Lipinski definition) is 4. The molecule has 2 N–H and O–H groups in total. The van der Waals surface area contributed by atoms with Gasteiger partial charge in [0.15, 0.2) is 0 Å². The van der Waals surface area contributed by atoms with Gasteiger partial charge >= 0.3 is 0 Å². The standard InChI is InChI=1S/C24H22N2O4S/c1-2-25-31(28,29)18-14-11-17(12-15-18)13-16-23(27)26-24-19-7-3-5-9-21(19)30-22-10-6-4-8-20(22)24/h3-16,24-25H,2H2,1H3,(H,26,27)/b16-13+. The molecule has 0 aliphatic carbocycles. The molecular formula is C24H22N2O4S. The lowest BCUT2D eigenvalue weighted by atomic mass is 9.94. The van der Waals surface area contributed by atoms with Crippen LogP contribution < -0.4 is 14.8 Å². The van der Waals surface area contributed by atoms with Gasteiger partial charge in [-0.1, -0.05) is 55.5 Å². The number of para-hydroxylation sites is 2. The average Bonchev–Trinajstić information content (AvgIpc) is 2.78. The van der Waals surface area contributed by atoms with Crippen LogP contribution in [0.2, 0.25) is 0 Å². The monoisotopic (exact) mass is 434 g/mol. The predicted molar refractivity (Wildman–Crippen MR) is 119 cm³/mol. The Labute approximate surface area is 181 Å². The van der Waals surface area contributed by atoms with Gasteiger partial charge in [-0.2, -0.15) is 0 Å². The second kappa shape index (κ2) is 8.75. The summed E-state index contributed by atoms with van der Waals surface area (Å²) in [4.78, 5) is 12.9. The van der Waals surface area contributed by atoms with Gasteiger partial charge in [0, 0.05) is 23.7 Å². The Morgan fingerprint density at radius 3 is 2.10 bits per heavy atom. The summed E-state index contributed by atoms with van der Waals surface area (Å²) in [5.41, 5.74) is 2.50. The summed E-state index contributed by atoms with van der Waals surface area (Å²) >= 11 is 0. The zero-order valence-electron chi connectivity index (χ0n) is 16.9. The van der Waals surface area contributed by atoms with E-state index in [2.05, 4.69) is 10.0 Å². The van der Waals surface area contributed by atoms with Crippen LogP contribution in [0.4, 0.5) is 0 Å². The largest absolute Gasteiger partial charge is 0.457 e. The minimum Gasteiger partial charge on any atom is -0.457 e. The van der Waals surface area contributed by atoms with E-state index in [0.29, 0.717) is 18.0 Å². The lowest BCUT2D eigenvalue weighted by molar-refractivity contribution is -0.116. The zero-order chi connectivity index (χ0) is 21.8. The highest BCUT2D eigenvalue weighted by Gasteiger charge is 2.27. The minimum atomic E-state index is -3.50. The van der Waals surface area contributed by atoms with E-state index in [4.69, 9.17) is 4.74 Å². The second-order valence-corrected chi connectivity index (χ2v) is 8.79. The van der Waals surface area contributed by atoms with E-state index in [-0.39, 0.29) is 16.8 Å².